The molecule has 0 radical (unpaired) electrons. The molecule has 8 heteroatoms. The third-order valence-electron chi connectivity index (χ3n) is 4.27. The van der Waals surface area contributed by atoms with Gasteiger partial charge >= 0.3 is 5.97 Å². The van der Waals surface area contributed by atoms with Crippen molar-refractivity contribution in [3.63, 3.8) is 0 Å². The van der Waals surface area contributed by atoms with Crippen molar-refractivity contribution in [2.75, 3.05) is 5.32 Å². The first kappa shape index (κ1) is 21.2. The van der Waals surface area contributed by atoms with Gasteiger partial charge in [-0.05, 0) is 55.0 Å². The number of amides is 1. The number of hydrogen-bond acceptors (Lipinski definition) is 4. The minimum atomic E-state index is -1.10. The fourth-order valence-corrected chi connectivity index (χ4v) is 3.03. The summed E-state index contributed by atoms with van der Waals surface area (Å²) in [4.78, 5) is 23.7. The number of aromatic carboxylic acids is 1. The van der Waals surface area contributed by atoms with Gasteiger partial charge in [0.2, 0.25) is 0 Å². The Kier molecular flexibility index (Phi) is 6.26. The van der Waals surface area contributed by atoms with E-state index >= 15 is 0 Å². The molecule has 0 fully saturated rings. The van der Waals surface area contributed by atoms with Crippen LogP contribution in [0.25, 0.3) is 17.4 Å². The summed E-state index contributed by atoms with van der Waals surface area (Å²) in [5, 5.41) is 22.0. The molecule has 3 rings (SSSR count). The van der Waals surface area contributed by atoms with E-state index in [0.29, 0.717) is 32.6 Å². The van der Waals surface area contributed by atoms with Crippen LogP contribution in [0, 0.1) is 18.3 Å². The van der Waals surface area contributed by atoms with Crippen LogP contribution in [0.15, 0.2) is 58.5 Å². The monoisotopic (exact) mass is 440 g/mol. The minimum Gasteiger partial charge on any atom is -0.478 e. The molecule has 0 aliphatic rings. The van der Waals surface area contributed by atoms with Crippen molar-refractivity contribution < 1.29 is 19.1 Å². The van der Waals surface area contributed by atoms with Crippen molar-refractivity contribution >= 4 is 46.8 Å². The third kappa shape index (κ3) is 4.54. The van der Waals surface area contributed by atoms with Gasteiger partial charge in [0.25, 0.3) is 5.91 Å². The van der Waals surface area contributed by atoms with Crippen molar-refractivity contribution in [3.05, 3.63) is 81.0 Å². The van der Waals surface area contributed by atoms with Gasteiger partial charge in [-0.2, -0.15) is 5.26 Å². The Balaban J connectivity index is 1.88. The quantitative estimate of drug-likeness (QED) is 0.385. The standard InChI is InChI=1S/C22H14Cl2N2O4/c1-12-17(23)3-2-4-19(12)26-21(27)14(11-25)9-15-6-8-20(30-15)16-10-13(22(28)29)5-7-18(16)24/h2-10H,1H3,(H,26,27)(H,28,29)/b14-9+. The molecule has 2 aromatic carbocycles. The lowest BCUT2D eigenvalue weighted by atomic mass is 10.1. The lowest BCUT2D eigenvalue weighted by molar-refractivity contribution is -0.112. The van der Waals surface area contributed by atoms with Gasteiger partial charge < -0.3 is 14.8 Å². The fourth-order valence-electron chi connectivity index (χ4n) is 2.65. The van der Waals surface area contributed by atoms with E-state index in [1.54, 1.807) is 37.3 Å². The largest absolute Gasteiger partial charge is 0.478 e. The Hall–Kier alpha value is -3.53. The van der Waals surface area contributed by atoms with Crippen molar-refractivity contribution in [2.24, 2.45) is 0 Å². The average molecular weight is 441 g/mol. The van der Waals surface area contributed by atoms with E-state index in [1.807, 2.05) is 6.07 Å². The van der Waals surface area contributed by atoms with Gasteiger partial charge in [0.15, 0.2) is 0 Å². The normalized spacial score (nSPS) is 11.1. The first-order chi connectivity index (χ1) is 14.3. The van der Waals surface area contributed by atoms with E-state index < -0.39 is 11.9 Å². The maximum absolute atomic E-state index is 12.5. The molecule has 1 heterocycles. The molecule has 30 heavy (non-hydrogen) atoms. The van der Waals surface area contributed by atoms with Crippen molar-refractivity contribution in [2.45, 2.75) is 6.92 Å². The number of furan rings is 1. The number of nitrogens with one attached hydrogen (secondary N) is 1. The molecule has 0 aliphatic carbocycles. The van der Waals surface area contributed by atoms with Crippen LogP contribution >= 0.6 is 23.2 Å². The Bertz CT molecular complexity index is 1220. The number of carbonyl (C=O) groups is 2. The van der Waals surface area contributed by atoms with Gasteiger partial charge in [0, 0.05) is 22.3 Å². The van der Waals surface area contributed by atoms with Gasteiger partial charge in [0.1, 0.15) is 23.2 Å². The summed E-state index contributed by atoms with van der Waals surface area (Å²) in [5.74, 6) is -1.18. The molecule has 0 atom stereocenters. The average Bonchev–Trinajstić information content (AvgIpc) is 3.18. The zero-order valence-corrected chi connectivity index (χ0v) is 17.1. The molecule has 1 amide bonds. The summed E-state index contributed by atoms with van der Waals surface area (Å²) in [5.41, 5.74) is 1.43. The highest BCUT2D eigenvalue weighted by Gasteiger charge is 2.15. The predicted molar refractivity (Wildman–Crippen MR) is 115 cm³/mol. The lowest BCUT2D eigenvalue weighted by Gasteiger charge is -2.08. The molecule has 0 saturated heterocycles. The fraction of sp³-hybridized carbons (Fsp3) is 0.0455. The summed E-state index contributed by atoms with van der Waals surface area (Å²) in [6, 6.07) is 14.3. The highest BCUT2D eigenvalue weighted by Crippen LogP contribution is 2.31. The zero-order valence-electron chi connectivity index (χ0n) is 15.6. The number of anilines is 1. The Labute approximate surface area is 182 Å². The highest BCUT2D eigenvalue weighted by atomic mass is 35.5. The first-order valence-electron chi connectivity index (χ1n) is 8.61. The number of carbonyl (C=O) groups excluding carboxylic acids is 1. The maximum atomic E-state index is 12.5. The Morgan fingerprint density at radius 1 is 1.13 bits per heavy atom. The van der Waals surface area contributed by atoms with Crippen LogP contribution in [-0.4, -0.2) is 17.0 Å². The van der Waals surface area contributed by atoms with Crippen molar-refractivity contribution in [1.29, 1.82) is 5.26 Å². The van der Waals surface area contributed by atoms with Crippen LogP contribution < -0.4 is 5.32 Å². The highest BCUT2D eigenvalue weighted by molar-refractivity contribution is 6.33. The van der Waals surface area contributed by atoms with Gasteiger partial charge in [0.05, 0.1) is 10.6 Å². The molecule has 3 aromatic rings. The molecule has 2 N–H and O–H groups in total. The molecule has 1 aromatic heterocycles. The van der Waals surface area contributed by atoms with Crippen LogP contribution in [0.4, 0.5) is 5.69 Å². The van der Waals surface area contributed by atoms with E-state index in [4.69, 9.17) is 32.7 Å². The number of nitrogens with zero attached hydrogens (tertiary/aromatic N) is 1. The molecule has 0 saturated carbocycles. The second-order valence-electron chi connectivity index (χ2n) is 6.24. The molecule has 0 spiro atoms. The molecule has 150 valence electrons. The second kappa shape index (κ2) is 8.87. The zero-order chi connectivity index (χ0) is 21.8. The smallest absolute Gasteiger partial charge is 0.335 e. The summed E-state index contributed by atoms with van der Waals surface area (Å²) in [6.07, 6.45) is 1.29. The SMILES string of the molecule is Cc1c(Cl)cccc1NC(=O)/C(C#N)=C/c1ccc(-c2cc(C(=O)O)ccc2Cl)o1. The van der Waals surface area contributed by atoms with Gasteiger partial charge in [-0.3, -0.25) is 4.79 Å². The maximum Gasteiger partial charge on any atom is 0.335 e. The number of carboxylic acids is 1. The Morgan fingerprint density at radius 3 is 2.60 bits per heavy atom. The topological polar surface area (TPSA) is 103 Å². The summed E-state index contributed by atoms with van der Waals surface area (Å²) in [7, 11) is 0. The lowest BCUT2D eigenvalue weighted by Crippen LogP contribution is -2.14. The van der Waals surface area contributed by atoms with Crippen LogP contribution in [0.2, 0.25) is 10.0 Å². The van der Waals surface area contributed by atoms with E-state index in [-0.39, 0.29) is 16.9 Å². The predicted octanol–water partition coefficient (Wildman–Crippen LogP) is 5.81. The number of carboxylic acid groups (broad SMARTS) is 1. The van der Waals surface area contributed by atoms with Gasteiger partial charge in [-0.1, -0.05) is 29.3 Å². The number of nitriles is 1. The van der Waals surface area contributed by atoms with Crippen LogP contribution in [0.3, 0.4) is 0 Å². The number of hydrogen-bond donors (Lipinski definition) is 2. The van der Waals surface area contributed by atoms with E-state index in [0.717, 1.165) is 0 Å². The molecular formula is C22H14Cl2N2O4. The number of halogens is 2. The summed E-state index contributed by atoms with van der Waals surface area (Å²) < 4.78 is 5.65. The number of benzene rings is 2. The van der Waals surface area contributed by atoms with E-state index in [2.05, 4.69) is 5.32 Å². The molecule has 6 nitrogen and oxygen atoms in total. The molecule has 0 aliphatic heterocycles. The third-order valence-corrected chi connectivity index (χ3v) is 5.01. The van der Waals surface area contributed by atoms with Crippen LogP contribution in [0.5, 0.6) is 0 Å². The first-order valence-corrected chi connectivity index (χ1v) is 9.37. The van der Waals surface area contributed by atoms with E-state index in [9.17, 15) is 14.9 Å². The minimum absolute atomic E-state index is 0.0527. The van der Waals surface area contributed by atoms with Crippen molar-refractivity contribution in [3.8, 4) is 17.4 Å². The van der Waals surface area contributed by atoms with Crippen LogP contribution in [-0.2, 0) is 4.79 Å². The van der Waals surface area contributed by atoms with Gasteiger partial charge in [-0.25, -0.2) is 4.79 Å². The van der Waals surface area contributed by atoms with E-state index in [1.165, 1.54) is 24.3 Å². The summed E-state index contributed by atoms with van der Waals surface area (Å²) >= 11 is 12.2. The molecule has 0 bridgehead atoms. The molecule has 0 unspecified atom stereocenters. The molecular weight excluding hydrogens is 427 g/mol. The Morgan fingerprint density at radius 2 is 1.90 bits per heavy atom. The van der Waals surface area contributed by atoms with Gasteiger partial charge in [-0.15, -0.1) is 0 Å². The number of rotatable bonds is 5. The summed E-state index contributed by atoms with van der Waals surface area (Å²) in [6.45, 7) is 1.75. The van der Waals surface area contributed by atoms with Crippen LogP contribution in [0.1, 0.15) is 21.7 Å². The second-order valence-corrected chi connectivity index (χ2v) is 7.05. The van der Waals surface area contributed by atoms with Crippen molar-refractivity contribution in [1.82, 2.24) is 0 Å².